The van der Waals surface area contributed by atoms with Crippen LogP contribution in [0.4, 0.5) is 9.59 Å². The van der Waals surface area contributed by atoms with E-state index in [1.165, 1.54) is 4.90 Å². The number of esters is 2. The summed E-state index contributed by atoms with van der Waals surface area (Å²) in [6, 6.07) is 47.5. The number of ketones is 2. The van der Waals surface area contributed by atoms with Crippen LogP contribution in [0.2, 0.25) is 0 Å². The molecular formula is C69H76N4O12. The zero-order valence-electron chi connectivity index (χ0n) is 49.4. The van der Waals surface area contributed by atoms with Crippen LogP contribution >= 0.6 is 0 Å². The Bertz CT molecular complexity index is 3200. The van der Waals surface area contributed by atoms with E-state index in [0.717, 1.165) is 38.9 Å². The standard InChI is InChI=1S/C69H76N4O12/c1-45(40-60(75)58-32-21-39-73(58)66(81)85-68(5,6)7)63(78)70-57(42-61(76)72-69(48-22-11-8-12-23-48,49-24-13-9-14-25-49)50-26-15-10-16-27-50)59(74)41-46-33-35-47(36-34-46)43-82-64(79)56(37-38-62(77)84-67(2,3)4)71-65(80)83-44-55-53-30-19-17-28-51(53)52-29-18-20-31-54(52)55/h8-20,22-31,33-36,45,55-58H,21,32,37-44H2,1-7H3,(H,70,78)(H,71,80)(H,72,76)/t45-,56+,57+,58+/m1/s1. The molecule has 2 aliphatic rings. The molecule has 3 N–H and O–H groups in total. The summed E-state index contributed by atoms with van der Waals surface area (Å²) in [5, 5.41) is 8.73. The number of fused-ring (bicyclic) bond motifs is 3. The molecule has 6 aromatic carbocycles. The zero-order valence-corrected chi connectivity index (χ0v) is 49.4. The van der Waals surface area contributed by atoms with Gasteiger partial charge in [0.2, 0.25) is 11.8 Å². The molecule has 0 unspecified atom stereocenters. The zero-order chi connectivity index (χ0) is 60.9. The minimum absolute atomic E-state index is 0.00146. The van der Waals surface area contributed by atoms with Crippen LogP contribution in [0.5, 0.6) is 0 Å². The van der Waals surface area contributed by atoms with Gasteiger partial charge in [0.1, 0.15) is 36.0 Å². The maximum absolute atomic E-state index is 14.8. The largest absolute Gasteiger partial charge is 0.460 e. The molecule has 0 saturated carbocycles. The first kappa shape index (κ1) is 62.1. The number of hydrogen-bond donors (Lipinski definition) is 3. The van der Waals surface area contributed by atoms with Crippen molar-refractivity contribution in [3.63, 3.8) is 0 Å². The van der Waals surface area contributed by atoms with Crippen LogP contribution in [0, 0.1) is 5.92 Å². The summed E-state index contributed by atoms with van der Waals surface area (Å²) in [4.78, 5) is 112. The SMILES string of the molecule is C[C@H](CC(=O)[C@@H]1CCCN1C(=O)OC(C)(C)C)C(=O)N[C@@H](CC(=O)NC(c1ccccc1)(c1ccccc1)c1ccccc1)C(=O)Cc1ccc(COC(=O)[C@H](CCC(=O)OC(C)(C)C)NC(=O)OCC2c3ccccc3-c3ccccc32)cc1. The molecule has 4 amide bonds. The highest BCUT2D eigenvalue weighted by molar-refractivity contribution is 5.97. The van der Waals surface area contributed by atoms with E-state index in [2.05, 4.69) is 16.0 Å². The van der Waals surface area contributed by atoms with Crippen LogP contribution < -0.4 is 16.0 Å². The molecule has 0 aromatic heterocycles. The number of ether oxygens (including phenoxy) is 4. The number of rotatable bonds is 23. The van der Waals surface area contributed by atoms with E-state index in [0.29, 0.717) is 30.5 Å². The van der Waals surface area contributed by atoms with Gasteiger partial charge in [-0.2, -0.15) is 0 Å². The molecule has 1 fully saturated rings. The van der Waals surface area contributed by atoms with Gasteiger partial charge < -0.3 is 34.9 Å². The van der Waals surface area contributed by atoms with Crippen LogP contribution in [0.25, 0.3) is 11.1 Å². The molecule has 1 heterocycles. The van der Waals surface area contributed by atoms with Crippen molar-refractivity contribution in [1.82, 2.24) is 20.9 Å². The van der Waals surface area contributed by atoms with Crippen LogP contribution in [-0.4, -0.2) is 94.9 Å². The highest BCUT2D eigenvalue weighted by Gasteiger charge is 2.41. The smallest absolute Gasteiger partial charge is 0.410 e. The number of likely N-dealkylation sites (tertiary alicyclic amines) is 1. The van der Waals surface area contributed by atoms with Gasteiger partial charge in [-0.15, -0.1) is 0 Å². The highest BCUT2D eigenvalue weighted by atomic mass is 16.6. The maximum atomic E-state index is 14.8. The van der Waals surface area contributed by atoms with E-state index in [1.54, 1.807) is 72.7 Å². The van der Waals surface area contributed by atoms with Gasteiger partial charge in [0, 0.05) is 37.6 Å². The summed E-state index contributed by atoms with van der Waals surface area (Å²) in [7, 11) is 0. The lowest BCUT2D eigenvalue weighted by Crippen LogP contribution is -2.52. The Morgan fingerprint density at radius 3 is 1.65 bits per heavy atom. The predicted octanol–water partition coefficient (Wildman–Crippen LogP) is 10.8. The minimum Gasteiger partial charge on any atom is -0.460 e. The summed E-state index contributed by atoms with van der Waals surface area (Å²) >= 11 is 0. The molecule has 4 atom stereocenters. The second-order valence-electron chi connectivity index (χ2n) is 23.8. The molecule has 0 spiro atoms. The van der Waals surface area contributed by atoms with Crippen molar-refractivity contribution in [3.8, 4) is 11.1 Å². The monoisotopic (exact) mass is 1150 g/mol. The summed E-state index contributed by atoms with van der Waals surface area (Å²) in [6.07, 6.45) is -1.73. The molecule has 8 rings (SSSR count). The third kappa shape index (κ3) is 16.3. The van der Waals surface area contributed by atoms with E-state index in [1.807, 2.05) is 140 Å². The molecule has 16 nitrogen and oxygen atoms in total. The third-order valence-electron chi connectivity index (χ3n) is 15.0. The number of nitrogens with one attached hydrogen (secondary N) is 3. The Balaban J connectivity index is 0.966. The lowest BCUT2D eigenvalue weighted by Gasteiger charge is -2.37. The Morgan fingerprint density at radius 2 is 1.11 bits per heavy atom. The first-order valence-electron chi connectivity index (χ1n) is 29.0. The van der Waals surface area contributed by atoms with Gasteiger partial charge >= 0.3 is 24.1 Å². The van der Waals surface area contributed by atoms with Crippen LogP contribution in [0.15, 0.2) is 164 Å². The summed E-state index contributed by atoms with van der Waals surface area (Å²) < 4.78 is 22.5. The van der Waals surface area contributed by atoms with Crippen LogP contribution in [0.1, 0.15) is 132 Å². The number of hydrogen-bond acceptors (Lipinski definition) is 12. The van der Waals surface area contributed by atoms with Gasteiger partial charge in [-0.25, -0.2) is 14.4 Å². The molecular weight excluding hydrogens is 1080 g/mol. The molecule has 0 radical (unpaired) electrons. The van der Waals surface area contributed by atoms with Crippen molar-refractivity contribution < 1.29 is 57.3 Å². The number of benzene rings is 6. The normalized spacial score (nSPS) is 15.0. The average molecular weight is 1150 g/mol. The van der Waals surface area contributed by atoms with Crippen molar-refractivity contribution in [2.75, 3.05) is 13.2 Å². The van der Waals surface area contributed by atoms with E-state index in [9.17, 15) is 38.4 Å². The van der Waals surface area contributed by atoms with Gasteiger partial charge in [0.25, 0.3) is 0 Å². The fourth-order valence-corrected chi connectivity index (χ4v) is 11.0. The fourth-order valence-electron chi connectivity index (χ4n) is 11.0. The molecule has 16 heteroatoms. The number of nitrogens with zero attached hydrogens (tertiary/aromatic N) is 1. The lowest BCUT2D eigenvalue weighted by atomic mass is 9.76. The Kier molecular flexibility index (Phi) is 20.2. The Morgan fingerprint density at radius 1 is 0.588 bits per heavy atom. The minimum atomic E-state index is -1.36. The van der Waals surface area contributed by atoms with Crippen molar-refractivity contribution in [2.45, 2.75) is 141 Å². The molecule has 444 valence electrons. The number of alkyl carbamates (subject to hydrolysis) is 1. The number of amides is 4. The molecule has 1 aliphatic carbocycles. The Hall–Kier alpha value is -8.92. The van der Waals surface area contributed by atoms with Gasteiger partial charge in [-0.1, -0.05) is 171 Å². The average Bonchev–Trinajstić information content (AvgIpc) is 2.07. The first-order chi connectivity index (χ1) is 40.6. The fraction of sp³-hybridized carbons (Fsp3) is 0.362. The van der Waals surface area contributed by atoms with Crippen molar-refractivity contribution in [1.29, 1.82) is 0 Å². The second-order valence-corrected chi connectivity index (χ2v) is 23.8. The highest BCUT2D eigenvalue weighted by Crippen LogP contribution is 2.44. The molecule has 1 saturated heterocycles. The van der Waals surface area contributed by atoms with Crippen LogP contribution in [0.3, 0.4) is 0 Å². The van der Waals surface area contributed by atoms with Crippen molar-refractivity contribution in [3.05, 3.63) is 203 Å². The molecule has 85 heavy (non-hydrogen) atoms. The summed E-state index contributed by atoms with van der Waals surface area (Å²) in [6.45, 7) is 12.1. The summed E-state index contributed by atoms with van der Waals surface area (Å²) in [5.41, 5.74) is 4.66. The molecule has 1 aliphatic heterocycles. The molecule has 6 aromatic rings. The summed E-state index contributed by atoms with van der Waals surface area (Å²) in [5.74, 6) is -4.55. The number of carbonyl (C=O) groups excluding carboxylic acids is 8. The predicted molar refractivity (Wildman–Crippen MR) is 321 cm³/mol. The first-order valence-corrected chi connectivity index (χ1v) is 29.0. The van der Waals surface area contributed by atoms with Gasteiger partial charge in [0.15, 0.2) is 11.6 Å². The Labute approximate surface area is 497 Å². The van der Waals surface area contributed by atoms with E-state index in [4.69, 9.17) is 18.9 Å². The van der Waals surface area contributed by atoms with E-state index >= 15 is 0 Å². The van der Waals surface area contributed by atoms with Gasteiger partial charge in [-0.05, 0) is 111 Å². The quantitative estimate of drug-likeness (QED) is 0.0311. The number of carbonyl (C=O) groups is 8. The third-order valence-corrected chi connectivity index (χ3v) is 15.0. The molecule has 0 bridgehead atoms. The van der Waals surface area contributed by atoms with Gasteiger partial charge in [-0.3, -0.25) is 28.9 Å². The maximum Gasteiger partial charge on any atom is 0.410 e. The second kappa shape index (κ2) is 27.6. The topological polar surface area (TPSA) is 213 Å². The van der Waals surface area contributed by atoms with Crippen molar-refractivity contribution >= 4 is 47.5 Å². The van der Waals surface area contributed by atoms with E-state index in [-0.39, 0.29) is 50.6 Å². The lowest BCUT2D eigenvalue weighted by molar-refractivity contribution is -0.155. The number of Topliss-reactive ketones (excluding diaryl/α,β-unsaturated/α-hetero) is 2. The van der Waals surface area contributed by atoms with Crippen LogP contribution in [-0.2, 0) is 66.3 Å². The van der Waals surface area contributed by atoms with Gasteiger partial charge in [0.05, 0.1) is 18.5 Å². The van der Waals surface area contributed by atoms with Crippen molar-refractivity contribution in [2.24, 2.45) is 5.92 Å². The van der Waals surface area contributed by atoms with E-state index < -0.39 is 88.9 Å².